The maximum atomic E-state index is 6.14. The molecule has 0 N–H and O–H groups in total. The summed E-state index contributed by atoms with van der Waals surface area (Å²) in [4.78, 5) is 9.08. The Morgan fingerprint density at radius 2 is 1.88 bits per heavy atom. The van der Waals surface area contributed by atoms with Crippen molar-refractivity contribution in [3.8, 4) is 0 Å². The summed E-state index contributed by atoms with van der Waals surface area (Å²) in [5.74, 6) is 1.83. The van der Waals surface area contributed by atoms with Gasteiger partial charge >= 0.3 is 0 Å². The number of nitrogens with zero attached hydrogens (tertiary/aromatic N) is 2. The molecule has 0 saturated heterocycles. The van der Waals surface area contributed by atoms with E-state index in [0.29, 0.717) is 17.0 Å². The Kier molecular flexibility index (Phi) is 3.85. The fraction of sp³-hybridized carbons (Fsp3) is 0.667. The van der Waals surface area contributed by atoms with Crippen molar-refractivity contribution >= 4 is 27.5 Å². The van der Waals surface area contributed by atoms with Crippen molar-refractivity contribution in [2.24, 2.45) is 0 Å². The second kappa shape index (κ2) is 5.01. The Balaban J connectivity index is 2.39. The zero-order valence-corrected chi connectivity index (χ0v) is 12.0. The quantitative estimate of drug-likeness (QED) is 0.742. The zero-order chi connectivity index (χ0) is 11.7. The minimum atomic E-state index is 0.370. The molecule has 0 atom stereocenters. The highest BCUT2D eigenvalue weighted by atomic mass is 79.9. The highest BCUT2D eigenvalue weighted by molar-refractivity contribution is 9.10. The topological polar surface area (TPSA) is 25.8 Å². The first-order chi connectivity index (χ1) is 7.59. The summed E-state index contributed by atoms with van der Waals surface area (Å²) in [7, 11) is 0. The molecule has 0 radical (unpaired) electrons. The van der Waals surface area contributed by atoms with Crippen molar-refractivity contribution < 1.29 is 0 Å². The van der Waals surface area contributed by atoms with Crippen LogP contribution in [-0.2, 0) is 0 Å². The fourth-order valence-corrected chi connectivity index (χ4v) is 3.02. The average Bonchev–Trinajstić information content (AvgIpc) is 2.74. The van der Waals surface area contributed by atoms with Gasteiger partial charge in [-0.3, -0.25) is 0 Å². The maximum Gasteiger partial charge on any atom is 0.147 e. The molecule has 1 aliphatic rings. The predicted octanol–water partition coefficient (Wildman–Crippen LogP) is 4.67. The normalized spacial score (nSPS) is 17.3. The molecule has 2 nitrogen and oxygen atoms in total. The van der Waals surface area contributed by atoms with Crippen LogP contribution in [-0.4, -0.2) is 9.97 Å². The SMILES string of the molecule is CC(C)c1nc(C2CCCC2)nc(Cl)c1Br. The van der Waals surface area contributed by atoms with Crippen molar-refractivity contribution in [2.75, 3.05) is 0 Å². The van der Waals surface area contributed by atoms with Gasteiger partial charge < -0.3 is 0 Å². The Morgan fingerprint density at radius 1 is 1.25 bits per heavy atom. The number of halogens is 2. The summed E-state index contributed by atoms with van der Waals surface area (Å²) in [6.45, 7) is 4.25. The summed E-state index contributed by atoms with van der Waals surface area (Å²) in [5.41, 5.74) is 1.03. The van der Waals surface area contributed by atoms with Gasteiger partial charge in [0, 0.05) is 5.92 Å². The molecule has 1 heterocycles. The Morgan fingerprint density at radius 3 is 2.44 bits per heavy atom. The number of rotatable bonds is 2. The monoisotopic (exact) mass is 302 g/mol. The van der Waals surface area contributed by atoms with Crippen LogP contribution < -0.4 is 0 Å². The van der Waals surface area contributed by atoms with E-state index in [1.807, 2.05) is 0 Å². The summed E-state index contributed by atoms with van der Waals surface area (Å²) in [5, 5.41) is 0.556. The molecule has 1 aromatic heterocycles. The number of aromatic nitrogens is 2. The zero-order valence-electron chi connectivity index (χ0n) is 9.63. The lowest BCUT2D eigenvalue weighted by molar-refractivity contribution is 0.650. The Bertz CT molecular complexity index is 387. The second-order valence-corrected chi connectivity index (χ2v) is 5.86. The van der Waals surface area contributed by atoms with Crippen LogP contribution >= 0.6 is 27.5 Å². The molecule has 0 aliphatic heterocycles. The molecule has 0 amide bonds. The smallest absolute Gasteiger partial charge is 0.147 e. The van der Waals surface area contributed by atoms with Crippen LogP contribution in [0.2, 0.25) is 5.15 Å². The van der Waals surface area contributed by atoms with Gasteiger partial charge in [0.1, 0.15) is 11.0 Å². The van der Waals surface area contributed by atoms with Crippen LogP contribution in [0.25, 0.3) is 0 Å². The van der Waals surface area contributed by atoms with Crippen LogP contribution in [0.3, 0.4) is 0 Å². The molecule has 1 aromatic rings. The third kappa shape index (κ3) is 2.40. The van der Waals surface area contributed by atoms with Crippen molar-refractivity contribution in [3.05, 3.63) is 21.1 Å². The Labute approximate surface area is 110 Å². The highest BCUT2D eigenvalue weighted by Crippen LogP contribution is 2.35. The van der Waals surface area contributed by atoms with Gasteiger partial charge in [0.25, 0.3) is 0 Å². The van der Waals surface area contributed by atoms with Gasteiger partial charge in [-0.1, -0.05) is 38.3 Å². The lowest BCUT2D eigenvalue weighted by Gasteiger charge is -2.13. The second-order valence-electron chi connectivity index (χ2n) is 4.71. The Hall–Kier alpha value is -0.150. The lowest BCUT2D eigenvalue weighted by Crippen LogP contribution is -2.06. The van der Waals surface area contributed by atoms with E-state index in [4.69, 9.17) is 11.6 Å². The molecule has 0 unspecified atom stereocenters. The highest BCUT2D eigenvalue weighted by Gasteiger charge is 2.22. The fourth-order valence-electron chi connectivity index (χ4n) is 2.20. The predicted molar refractivity (Wildman–Crippen MR) is 70.0 cm³/mol. The van der Waals surface area contributed by atoms with Crippen molar-refractivity contribution in [2.45, 2.75) is 51.4 Å². The maximum absolute atomic E-state index is 6.14. The minimum absolute atomic E-state index is 0.370. The van der Waals surface area contributed by atoms with Crippen LogP contribution in [0.15, 0.2) is 4.47 Å². The van der Waals surface area contributed by atoms with Gasteiger partial charge in [-0.15, -0.1) is 0 Å². The molecule has 4 heteroatoms. The molecule has 1 saturated carbocycles. The molecule has 0 spiro atoms. The van der Waals surface area contributed by atoms with E-state index in [9.17, 15) is 0 Å². The first kappa shape index (κ1) is 12.3. The number of hydrogen-bond acceptors (Lipinski definition) is 2. The van der Waals surface area contributed by atoms with E-state index in [-0.39, 0.29) is 0 Å². The molecule has 16 heavy (non-hydrogen) atoms. The molecule has 0 aromatic carbocycles. The van der Waals surface area contributed by atoms with Crippen molar-refractivity contribution in [1.29, 1.82) is 0 Å². The van der Waals surface area contributed by atoms with E-state index in [2.05, 4.69) is 39.7 Å². The van der Waals surface area contributed by atoms with Gasteiger partial charge in [0.05, 0.1) is 10.2 Å². The number of hydrogen-bond donors (Lipinski definition) is 0. The molecule has 1 aliphatic carbocycles. The third-order valence-corrected chi connectivity index (χ3v) is 4.40. The summed E-state index contributed by atoms with van der Waals surface area (Å²) < 4.78 is 0.853. The first-order valence-corrected chi connectivity index (χ1v) is 6.99. The summed E-state index contributed by atoms with van der Waals surface area (Å²) in [6, 6.07) is 0. The van der Waals surface area contributed by atoms with Gasteiger partial charge in [0.15, 0.2) is 0 Å². The van der Waals surface area contributed by atoms with E-state index in [1.54, 1.807) is 0 Å². The van der Waals surface area contributed by atoms with Crippen LogP contribution in [0.5, 0.6) is 0 Å². The van der Waals surface area contributed by atoms with Gasteiger partial charge in [-0.05, 0) is 34.7 Å². The molecule has 88 valence electrons. The first-order valence-electron chi connectivity index (χ1n) is 5.82. The van der Waals surface area contributed by atoms with Crippen molar-refractivity contribution in [1.82, 2.24) is 9.97 Å². The standard InChI is InChI=1S/C12H16BrClN2/c1-7(2)10-9(13)11(14)16-12(15-10)8-5-3-4-6-8/h7-8H,3-6H2,1-2H3. The lowest BCUT2D eigenvalue weighted by atomic mass is 10.1. The van der Waals surface area contributed by atoms with E-state index >= 15 is 0 Å². The molecular formula is C12H16BrClN2. The minimum Gasteiger partial charge on any atom is -0.236 e. The van der Waals surface area contributed by atoms with Crippen LogP contribution in [0.4, 0.5) is 0 Å². The van der Waals surface area contributed by atoms with Gasteiger partial charge in [0.2, 0.25) is 0 Å². The van der Waals surface area contributed by atoms with E-state index in [0.717, 1.165) is 16.0 Å². The largest absolute Gasteiger partial charge is 0.236 e. The molecule has 1 fully saturated rings. The summed E-state index contributed by atoms with van der Waals surface area (Å²) >= 11 is 9.61. The van der Waals surface area contributed by atoms with Gasteiger partial charge in [-0.25, -0.2) is 9.97 Å². The van der Waals surface area contributed by atoms with E-state index in [1.165, 1.54) is 25.7 Å². The van der Waals surface area contributed by atoms with Gasteiger partial charge in [-0.2, -0.15) is 0 Å². The third-order valence-electron chi connectivity index (χ3n) is 3.12. The average molecular weight is 304 g/mol. The molecule has 0 bridgehead atoms. The van der Waals surface area contributed by atoms with Crippen LogP contribution in [0.1, 0.15) is 62.9 Å². The molecule has 2 rings (SSSR count). The summed E-state index contributed by atoms with van der Waals surface area (Å²) in [6.07, 6.45) is 4.99. The van der Waals surface area contributed by atoms with Crippen LogP contribution in [0, 0.1) is 0 Å². The van der Waals surface area contributed by atoms with E-state index < -0.39 is 0 Å². The molecular weight excluding hydrogens is 288 g/mol. The van der Waals surface area contributed by atoms with Crippen molar-refractivity contribution in [3.63, 3.8) is 0 Å².